The van der Waals surface area contributed by atoms with E-state index in [0.717, 1.165) is 12.8 Å². The summed E-state index contributed by atoms with van der Waals surface area (Å²) in [5.41, 5.74) is 1.25. The van der Waals surface area contributed by atoms with Crippen LogP contribution in [0.4, 0.5) is 11.4 Å². The van der Waals surface area contributed by atoms with Crippen molar-refractivity contribution in [2.75, 3.05) is 30.5 Å². The van der Waals surface area contributed by atoms with Gasteiger partial charge < -0.3 is 24.4 Å². The zero-order valence-electron chi connectivity index (χ0n) is 16.9. The number of anilines is 2. The Morgan fingerprint density at radius 1 is 1.21 bits per heavy atom. The summed E-state index contributed by atoms with van der Waals surface area (Å²) in [6, 6.07) is 12.4. The molecule has 1 aliphatic heterocycles. The molecule has 0 saturated heterocycles. The van der Waals surface area contributed by atoms with Crippen molar-refractivity contribution in [3.63, 3.8) is 0 Å². The molecule has 7 nitrogen and oxygen atoms in total. The molecule has 0 fully saturated rings. The van der Waals surface area contributed by atoms with Gasteiger partial charge in [-0.1, -0.05) is 25.5 Å². The monoisotopic (exact) mass is 398 g/mol. The van der Waals surface area contributed by atoms with Crippen LogP contribution in [0.25, 0.3) is 0 Å². The topological polar surface area (TPSA) is 77.1 Å². The van der Waals surface area contributed by atoms with Gasteiger partial charge in [0.2, 0.25) is 0 Å². The van der Waals surface area contributed by atoms with Crippen LogP contribution in [-0.2, 0) is 9.59 Å². The molecule has 2 amide bonds. The average molecular weight is 398 g/mol. The summed E-state index contributed by atoms with van der Waals surface area (Å²) in [6.45, 7) is 4.27. The van der Waals surface area contributed by atoms with Crippen LogP contribution < -0.4 is 24.4 Å². The fourth-order valence-corrected chi connectivity index (χ4v) is 3.11. The fraction of sp³-hybridized carbons (Fsp3) is 0.364. The molecular weight excluding hydrogens is 372 g/mol. The zero-order valence-corrected chi connectivity index (χ0v) is 16.9. The van der Waals surface area contributed by atoms with E-state index in [4.69, 9.17) is 14.2 Å². The number of benzene rings is 2. The summed E-state index contributed by atoms with van der Waals surface area (Å²) in [7, 11) is 1.55. The SMILES string of the molecule is CCCCN1C(=O)C(C)Oc2ccc(NC(=O)COc3ccccc3OC)cc21. The van der Waals surface area contributed by atoms with Crippen LogP contribution in [0.2, 0.25) is 0 Å². The summed E-state index contributed by atoms with van der Waals surface area (Å²) in [4.78, 5) is 26.6. The van der Waals surface area contributed by atoms with Gasteiger partial charge in [-0.25, -0.2) is 0 Å². The molecule has 0 aromatic heterocycles. The maximum absolute atomic E-state index is 12.5. The lowest BCUT2D eigenvalue weighted by Gasteiger charge is -2.33. The first kappa shape index (κ1) is 20.5. The highest BCUT2D eigenvalue weighted by molar-refractivity contribution is 6.01. The van der Waals surface area contributed by atoms with Crippen LogP contribution in [0.15, 0.2) is 42.5 Å². The molecule has 1 N–H and O–H groups in total. The number of hydrogen-bond acceptors (Lipinski definition) is 5. The van der Waals surface area contributed by atoms with Crippen molar-refractivity contribution < 1.29 is 23.8 Å². The van der Waals surface area contributed by atoms with Crippen molar-refractivity contribution in [2.24, 2.45) is 0 Å². The fourth-order valence-electron chi connectivity index (χ4n) is 3.11. The summed E-state index contributed by atoms with van der Waals surface area (Å²) in [6.07, 6.45) is 1.35. The Bertz CT molecular complexity index is 883. The number of hydrogen-bond donors (Lipinski definition) is 1. The third-order valence-electron chi connectivity index (χ3n) is 4.61. The second-order valence-corrected chi connectivity index (χ2v) is 6.77. The van der Waals surface area contributed by atoms with Crippen LogP contribution in [0.1, 0.15) is 26.7 Å². The highest BCUT2D eigenvalue weighted by Crippen LogP contribution is 2.36. The quantitative estimate of drug-likeness (QED) is 0.735. The van der Waals surface area contributed by atoms with Gasteiger partial charge in [-0.2, -0.15) is 0 Å². The van der Waals surface area contributed by atoms with Crippen molar-refractivity contribution in [3.8, 4) is 17.2 Å². The zero-order chi connectivity index (χ0) is 20.8. The smallest absolute Gasteiger partial charge is 0.267 e. The summed E-state index contributed by atoms with van der Waals surface area (Å²) < 4.78 is 16.5. The average Bonchev–Trinajstić information content (AvgIpc) is 2.73. The minimum Gasteiger partial charge on any atom is -0.493 e. The largest absolute Gasteiger partial charge is 0.493 e. The molecular formula is C22H26N2O5. The highest BCUT2D eigenvalue weighted by Gasteiger charge is 2.31. The van der Waals surface area contributed by atoms with E-state index in [9.17, 15) is 9.59 Å². The summed E-state index contributed by atoms with van der Waals surface area (Å²) in [5.74, 6) is 1.30. The van der Waals surface area contributed by atoms with Crippen LogP contribution >= 0.6 is 0 Å². The Morgan fingerprint density at radius 3 is 2.69 bits per heavy atom. The number of amides is 2. The van der Waals surface area contributed by atoms with Crippen molar-refractivity contribution in [1.29, 1.82) is 0 Å². The second-order valence-electron chi connectivity index (χ2n) is 6.77. The van der Waals surface area contributed by atoms with E-state index in [1.807, 2.05) is 12.1 Å². The van der Waals surface area contributed by atoms with Gasteiger partial charge in [0.1, 0.15) is 5.75 Å². The Balaban J connectivity index is 1.69. The number of nitrogens with zero attached hydrogens (tertiary/aromatic N) is 1. The molecule has 0 saturated carbocycles. The van der Waals surface area contributed by atoms with Gasteiger partial charge in [-0.05, 0) is 43.7 Å². The second kappa shape index (κ2) is 9.32. The van der Waals surface area contributed by atoms with Gasteiger partial charge in [0.25, 0.3) is 11.8 Å². The molecule has 1 heterocycles. The molecule has 1 atom stereocenters. The van der Waals surface area contributed by atoms with Gasteiger partial charge in [0, 0.05) is 12.2 Å². The summed E-state index contributed by atoms with van der Waals surface area (Å²) >= 11 is 0. The molecule has 0 aliphatic carbocycles. The van der Waals surface area contributed by atoms with Crippen molar-refractivity contribution >= 4 is 23.2 Å². The van der Waals surface area contributed by atoms with E-state index in [1.54, 1.807) is 49.3 Å². The molecule has 0 bridgehead atoms. The summed E-state index contributed by atoms with van der Waals surface area (Å²) in [5, 5.41) is 2.80. The van der Waals surface area contributed by atoms with E-state index < -0.39 is 6.10 Å². The van der Waals surface area contributed by atoms with Gasteiger partial charge in [-0.15, -0.1) is 0 Å². The molecule has 0 radical (unpaired) electrons. The number of carbonyl (C=O) groups is 2. The normalized spacial score (nSPS) is 15.3. The molecule has 7 heteroatoms. The highest BCUT2D eigenvalue weighted by atomic mass is 16.5. The van der Waals surface area contributed by atoms with E-state index in [-0.39, 0.29) is 18.4 Å². The number of nitrogens with one attached hydrogen (secondary N) is 1. The molecule has 3 rings (SSSR count). The van der Waals surface area contributed by atoms with Crippen LogP contribution in [0.5, 0.6) is 17.2 Å². The first-order valence-corrected chi connectivity index (χ1v) is 9.71. The molecule has 2 aromatic rings. The molecule has 0 spiro atoms. The van der Waals surface area contributed by atoms with Gasteiger partial charge in [0.15, 0.2) is 24.2 Å². The third-order valence-corrected chi connectivity index (χ3v) is 4.61. The van der Waals surface area contributed by atoms with E-state index in [0.29, 0.717) is 35.2 Å². The molecule has 2 aromatic carbocycles. The van der Waals surface area contributed by atoms with Crippen LogP contribution in [-0.4, -0.2) is 38.2 Å². The van der Waals surface area contributed by atoms with E-state index in [1.165, 1.54) is 0 Å². The number of fused-ring (bicyclic) bond motifs is 1. The van der Waals surface area contributed by atoms with Crippen LogP contribution in [0.3, 0.4) is 0 Å². The Morgan fingerprint density at radius 2 is 1.97 bits per heavy atom. The number of ether oxygens (including phenoxy) is 3. The predicted octanol–water partition coefficient (Wildman–Crippen LogP) is 3.63. The van der Waals surface area contributed by atoms with Crippen molar-refractivity contribution in [2.45, 2.75) is 32.8 Å². The third kappa shape index (κ3) is 4.80. The minimum atomic E-state index is -0.519. The number of methoxy groups -OCH3 is 1. The molecule has 154 valence electrons. The van der Waals surface area contributed by atoms with Crippen molar-refractivity contribution in [3.05, 3.63) is 42.5 Å². The Kier molecular flexibility index (Phi) is 6.59. The minimum absolute atomic E-state index is 0.0751. The lowest BCUT2D eigenvalue weighted by Crippen LogP contribution is -2.44. The van der Waals surface area contributed by atoms with Gasteiger partial charge in [-0.3, -0.25) is 9.59 Å². The molecule has 29 heavy (non-hydrogen) atoms. The first-order valence-electron chi connectivity index (χ1n) is 9.71. The lowest BCUT2D eigenvalue weighted by atomic mass is 10.1. The number of para-hydroxylation sites is 2. The lowest BCUT2D eigenvalue weighted by molar-refractivity contribution is -0.125. The Labute approximate surface area is 170 Å². The first-order chi connectivity index (χ1) is 14.0. The number of unbranched alkanes of at least 4 members (excludes halogenated alkanes) is 1. The molecule has 1 aliphatic rings. The number of rotatable bonds is 8. The van der Waals surface area contributed by atoms with Gasteiger partial charge in [0.05, 0.1) is 12.8 Å². The maximum atomic E-state index is 12.5. The number of carbonyl (C=O) groups excluding carboxylic acids is 2. The van der Waals surface area contributed by atoms with Gasteiger partial charge >= 0.3 is 0 Å². The van der Waals surface area contributed by atoms with E-state index >= 15 is 0 Å². The molecule has 1 unspecified atom stereocenters. The van der Waals surface area contributed by atoms with Crippen molar-refractivity contribution in [1.82, 2.24) is 0 Å². The Hall–Kier alpha value is -3.22. The van der Waals surface area contributed by atoms with E-state index in [2.05, 4.69) is 12.2 Å². The maximum Gasteiger partial charge on any atom is 0.267 e. The standard InChI is InChI=1S/C22H26N2O5/c1-4-5-12-24-17-13-16(10-11-18(17)29-15(2)22(24)26)23-21(25)14-28-20-9-7-6-8-19(20)27-3/h6-11,13,15H,4-5,12,14H2,1-3H3,(H,23,25). The van der Waals surface area contributed by atoms with Crippen LogP contribution in [0, 0.1) is 0 Å². The predicted molar refractivity (Wildman–Crippen MR) is 111 cm³/mol.